The van der Waals surface area contributed by atoms with E-state index in [0.29, 0.717) is 0 Å². The van der Waals surface area contributed by atoms with Crippen LogP contribution in [0.4, 0.5) is 13.2 Å². The Morgan fingerprint density at radius 3 is 2.26 bits per heavy atom. The van der Waals surface area contributed by atoms with E-state index < -0.39 is 23.2 Å². The molecule has 4 nitrogen and oxygen atoms in total. The molecule has 0 fully saturated rings. The Kier molecular flexibility index (Phi) is 3.88. The Balaban J connectivity index is 3.41. The van der Waals surface area contributed by atoms with Crippen molar-refractivity contribution in [2.45, 2.75) is 18.6 Å². The van der Waals surface area contributed by atoms with Crippen molar-refractivity contribution in [3.63, 3.8) is 0 Å². The molecule has 1 amide bonds. The number of carboxylic acids is 1. The molecule has 0 bridgehead atoms. The summed E-state index contributed by atoms with van der Waals surface area (Å²) in [6.45, 7) is 1.17. The van der Waals surface area contributed by atoms with Crippen LogP contribution in [0.1, 0.15) is 18.1 Å². The molecule has 0 aliphatic carbocycles. The first-order valence-corrected chi connectivity index (χ1v) is 5.23. The van der Waals surface area contributed by atoms with Crippen molar-refractivity contribution in [3.8, 4) is 0 Å². The summed E-state index contributed by atoms with van der Waals surface area (Å²) in [5, 5.41) is 9.20. The summed E-state index contributed by atoms with van der Waals surface area (Å²) in [5.74, 6) is -1.42. The zero-order valence-electron chi connectivity index (χ0n) is 10.2. The number of carbonyl (C=O) groups is 2. The van der Waals surface area contributed by atoms with E-state index in [9.17, 15) is 27.9 Å². The van der Waals surface area contributed by atoms with E-state index in [-0.39, 0.29) is 12.0 Å². The Morgan fingerprint density at radius 2 is 1.84 bits per heavy atom. The quantitative estimate of drug-likeness (QED) is 0.856. The average Bonchev–Trinajstić information content (AvgIpc) is 2.35. The molecule has 0 saturated carbocycles. The fourth-order valence-electron chi connectivity index (χ4n) is 1.58. The number of carboxylic acid groups (broad SMARTS) is 1. The molecule has 1 unspecified atom stereocenters. The second kappa shape index (κ2) is 4.91. The Bertz CT molecular complexity index is 501. The maximum atomic E-state index is 12.6. The molecule has 1 aromatic rings. The first-order chi connectivity index (χ1) is 8.64. The topological polar surface area (TPSA) is 57.6 Å². The van der Waals surface area contributed by atoms with Crippen molar-refractivity contribution in [2.75, 3.05) is 7.05 Å². The molecular weight excluding hydrogens is 263 g/mol. The zero-order chi connectivity index (χ0) is 14.8. The van der Waals surface area contributed by atoms with Crippen molar-refractivity contribution < 1.29 is 27.9 Å². The van der Waals surface area contributed by atoms with Crippen molar-refractivity contribution >= 4 is 12.4 Å². The Labute approximate surface area is 107 Å². The molecule has 1 N–H and O–H groups in total. The second-order valence-corrected chi connectivity index (χ2v) is 4.17. The highest BCUT2D eigenvalue weighted by atomic mass is 19.4. The highest BCUT2D eigenvalue weighted by Crippen LogP contribution is 2.33. The second-order valence-electron chi connectivity index (χ2n) is 4.17. The van der Waals surface area contributed by atoms with E-state index in [2.05, 4.69) is 0 Å². The number of rotatable bonds is 4. The molecule has 7 heteroatoms. The molecule has 1 aromatic carbocycles. The van der Waals surface area contributed by atoms with Crippen LogP contribution in [0.2, 0.25) is 0 Å². The summed E-state index contributed by atoms with van der Waals surface area (Å²) in [6.07, 6.45) is -4.32. The molecule has 0 aromatic heterocycles. The third-order valence-electron chi connectivity index (χ3n) is 3.03. The van der Waals surface area contributed by atoms with Gasteiger partial charge < -0.3 is 10.0 Å². The van der Waals surface area contributed by atoms with E-state index in [4.69, 9.17) is 0 Å². The number of nitrogens with zero attached hydrogens (tertiary/aromatic N) is 1. The molecule has 1 rings (SSSR count). The third-order valence-corrected chi connectivity index (χ3v) is 3.03. The summed E-state index contributed by atoms with van der Waals surface area (Å²) >= 11 is 0. The van der Waals surface area contributed by atoms with Crippen LogP contribution >= 0.6 is 0 Å². The van der Waals surface area contributed by atoms with Crippen LogP contribution in [0.3, 0.4) is 0 Å². The number of benzene rings is 1. The number of likely N-dealkylation sites (N-methyl/N-ethyl adjacent to an activating group) is 1. The minimum atomic E-state index is -4.57. The maximum absolute atomic E-state index is 12.6. The molecule has 0 radical (unpaired) electrons. The van der Waals surface area contributed by atoms with E-state index in [0.717, 1.165) is 23.1 Å². The minimum Gasteiger partial charge on any atom is -0.479 e. The van der Waals surface area contributed by atoms with Gasteiger partial charge >= 0.3 is 12.1 Å². The normalized spacial score (nSPS) is 14.6. The van der Waals surface area contributed by atoms with Gasteiger partial charge in [-0.05, 0) is 24.6 Å². The minimum absolute atomic E-state index is 0.121. The van der Waals surface area contributed by atoms with Crippen molar-refractivity contribution in [1.82, 2.24) is 4.90 Å². The summed E-state index contributed by atoms with van der Waals surface area (Å²) < 4.78 is 37.8. The zero-order valence-corrected chi connectivity index (χ0v) is 10.2. The van der Waals surface area contributed by atoms with Crippen molar-refractivity contribution in [3.05, 3.63) is 35.4 Å². The average molecular weight is 275 g/mol. The molecule has 0 aliphatic heterocycles. The highest BCUT2D eigenvalue weighted by Gasteiger charge is 2.41. The number of hydrogen-bond donors (Lipinski definition) is 1. The Hall–Kier alpha value is -2.05. The molecule has 1 atom stereocenters. The number of aliphatic carboxylic acids is 1. The molecule has 0 aliphatic rings. The van der Waals surface area contributed by atoms with Gasteiger partial charge in [-0.15, -0.1) is 0 Å². The third kappa shape index (κ3) is 2.69. The predicted molar refractivity (Wildman–Crippen MR) is 60.3 cm³/mol. The monoisotopic (exact) mass is 275 g/mol. The van der Waals surface area contributed by atoms with Crippen molar-refractivity contribution in [1.29, 1.82) is 0 Å². The summed E-state index contributed by atoms with van der Waals surface area (Å²) in [6, 6.07) is 3.92. The van der Waals surface area contributed by atoms with E-state index in [1.54, 1.807) is 0 Å². The number of amides is 1. The number of carbonyl (C=O) groups excluding carboxylic acids is 1. The molecule has 0 spiro atoms. The molecule has 0 saturated heterocycles. The lowest BCUT2D eigenvalue weighted by Crippen LogP contribution is -2.47. The lowest BCUT2D eigenvalue weighted by Gasteiger charge is -2.33. The summed E-state index contributed by atoms with van der Waals surface area (Å²) in [7, 11) is 1.20. The summed E-state index contributed by atoms with van der Waals surface area (Å²) in [5.41, 5.74) is -2.94. The molecule has 0 heterocycles. The van der Waals surface area contributed by atoms with Crippen LogP contribution in [0.5, 0.6) is 0 Å². The lowest BCUT2D eigenvalue weighted by atomic mass is 9.89. The van der Waals surface area contributed by atoms with Gasteiger partial charge in [0.2, 0.25) is 6.41 Å². The fourth-order valence-corrected chi connectivity index (χ4v) is 1.58. The fraction of sp³-hybridized carbons (Fsp3) is 0.333. The van der Waals surface area contributed by atoms with Gasteiger partial charge in [-0.1, -0.05) is 12.1 Å². The maximum Gasteiger partial charge on any atom is 0.416 e. The first-order valence-electron chi connectivity index (χ1n) is 5.23. The highest BCUT2D eigenvalue weighted by molar-refractivity contribution is 5.82. The van der Waals surface area contributed by atoms with Gasteiger partial charge in [-0.25, -0.2) is 4.79 Å². The van der Waals surface area contributed by atoms with E-state index in [1.807, 2.05) is 0 Å². The Morgan fingerprint density at radius 1 is 1.32 bits per heavy atom. The predicted octanol–water partition coefficient (Wildman–Crippen LogP) is 2.09. The molecule has 19 heavy (non-hydrogen) atoms. The van der Waals surface area contributed by atoms with E-state index >= 15 is 0 Å². The lowest BCUT2D eigenvalue weighted by molar-refractivity contribution is -0.153. The molecule has 104 valence electrons. The van der Waals surface area contributed by atoms with Gasteiger partial charge in [0.15, 0.2) is 5.54 Å². The largest absolute Gasteiger partial charge is 0.479 e. The number of alkyl halides is 3. The summed E-state index contributed by atoms with van der Waals surface area (Å²) in [4.78, 5) is 22.9. The van der Waals surface area contributed by atoms with E-state index in [1.165, 1.54) is 20.0 Å². The smallest absolute Gasteiger partial charge is 0.416 e. The standard InChI is InChI=1S/C12H12F3NO3/c1-11(10(18)19,16(2)7-17)8-4-3-5-9(6-8)12(13,14)15/h3-7H,1-2H3,(H,18,19). The number of halogens is 3. The van der Waals surface area contributed by atoms with Crippen LogP contribution in [-0.2, 0) is 21.3 Å². The van der Waals surface area contributed by atoms with Crippen LogP contribution in [-0.4, -0.2) is 29.4 Å². The first kappa shape index (κ1) is 15.0. The molecular formula is C12H12F3NO3. The SMILES string of the molecule is CN(C=O)C(C)(C(=O)O)c1cccc(C(F)(F)F)c1. The van der Waals surface area contributed by atoms with Gasteiger partial charge in [-0.2, -0.15) is 13.2 Å². The van der Waals surface area contributed by atoms with Crippen LogP contribution in [0.25, 0.3) is 0 Å². The van der Waals surface area contributed by atoms with Gasteiger partial charge in [-0.3, -0.25) is 4.79 Å². The number of hydrogen-bond acceptors (Lipinski definition) is 2. The van der Waals surface area contributed by atoms with Crippen LogP contribution < -0.4 is 0 Å². The van der Waals surface area contributed by atoms with Gasteiger partial charge in [0.05, 0.1) is 5.56 Å². The van der Waals surface area contributed by atoms with Crippen LogP contribution in [0, 0.1) is 0 Å². The van der Waals surface area contributed by atoms with Crippen LogP contribution in [0.15, 0.2) is 24.3 Å². The van der Waals surface area contributed by atoms with Gasteiger partial charge in [0.25, 0.3) is 0 Å². The van der Waals surface area contributed by atoms with Crippen molar-refractivity contribution in [2.24, 2.45) is 0 Å². The van der Waals surface area contributed by atoms with Gasteiger partial charge in [0.1, 0.15) is 0 Å². The van der Waals surface area contributed by atoms with Gasteiger partial charge in [0, 0.05) is 7.05 Å².